The van der Waals surface area contributed by atoms with Crippen molar-refractivity contribution in [2.75, 3.05) is 11.9 Å². The Bertz CT molecular complexity index is 618. The van der Waals surface area contributed by atoms with Crippen molar-refractivity contribution in [3.05, 3.63) is 40.4 Å². The lowest BCUT2D eigenvalue weighted by molar-refractivity contribution is -0.137. The van der Waals surface area contributed by atoms with Crippen LogP contribution in [0.5, 0.6) is 0 Å². The summed E-state index contributed by atoms with van der Waals surface area (Å²) in [5.41, 5.74) is 0.815. The Morgan fingerprint density at radius 1 is 1.19 bits per heavy atom. The Hall–Kier alpha value is -0.940. The monoisotopic (exact) mass is 419 g/mol. The molecule has 144 valence electrons. The molecular formula is C19H24Cl3NO3. The zero-order valence-electron chi connectivity index (χ0n) is 14.4. The summed E-state index contributed by atoms with van der Waals surface area (Å²) >= 11 is 18.5. The number of rotatable bonds is 9. The van der Waals surface area contributed by atoms with E-state index in [1.54, 1.807) is 18.2 Å². The molecule has 1 aromatic rings. The van der Waals surface area contributed by atoms with Crippen molar-refractivity contribution < 1.29 is 15.0 Å². The van der Waals surface area contributed by atoms with Gasteiger partial charge in [-0.1, -0.05) is 35.4 Å². The molecule has 2 unspecified atom stereocenters. The Labute approximate surface area is 169 Å². The number of alkyl halides is 1. The number of allylic oxidation sites excluding steroid dienone is 2. The van der Waals surface area contributed by atoms with Crippen molar-refractivity contribution in [3.63, 3.8) is 0 Å². The van der Waals surface area contributed by atoms with Crippen LogP contribution in [0.15, 0.2) is 30.4 Å². The SMILES string of the molecule is O=C(O)CCC/C=C\C[C@H]1C(Cl)C[C@@H](O)C1CNc1cc(Cl)cc(Cl)c1. The molecule has 26 heavy (non-hydrogen) atoms. The Kier molecular flexibility index (Phi) is 8.55. The van der Waals surface area contributed by atoms with Crippen molar-refractivity contribution in [1.29, 1.82) is 0 Å². The zero-order chi connectivity index (χ0) is 19.1. The molecule has 7 heteroatoms. The van der Waals surface area contributed by atoms with Crippen LogP contribution in [0.3, 0.4) is 0 Å². The molecule has 2 rings (SSSR count). The van der Waals surface area contributed by atoms with Gasteiger partial charge in [0.25, 0.3) is 0 Å². The van der Waals surface area contributed by atoms with Crippen LogP contribution in [0.2, 0.25) is 10.0 Å². The molecular weight excluding hydrogens is 397 g/mol. The van der Waals surface area contributed by atoms with Crippen LogP contribution in [0.1, 0.15) is 32.1 Å². The van der Waals surface area contributed by atoms with E-state index in [1.807, 2.05) is 12.2 Å². The number of carboxylic acids is 1. The van der Waals surface area contributed by atoms with E-state index in [0.717, 1.165) is 18.5 Å². The van der Waals surface area contributed by atoms with E-state index in [-0.39, 0.29) is 23.6 Å². The maximum absolute atomic E-state index is 10.5. The van der Waals surface area contributed by atoms with Crippen LogP contribution < -0.4 is 5.32 Å². The molecule has 0 heterocycles. The zero-order valence-corrected chi connectivity index (χ0v) is 16.6. The van der Waals surface area contributed by atoms with Crippen LogP contribution in [0.4, 0.5) is 5.69 Å². The molecule has 0 amide bonds. The standard InChI is InChI=1S/C19H24Cl3NO3/c20-12-7-13(21)9-14(8-12)23-11-16-15(17(22)10-18(16)24)5-3-1-2-4-6-19(25)26/h1,3,7-9,15-18,23-24H,2,4-6,10-11H2,(H,25,26)/b3-1-/t15-,16?,17?,18-/m1/s1. The minimum absolute atomic E-state index is 0.0268. The third-order valence-electron chi connectivity index (χ3n) is 4.72. The van der Waals surface area contributed by atoms with Gasteiger partial charge in [-0.15, -0.1) is 11.6 Å². The summed E-state index contributed by atoms with van der Waals surface area (Å²) in [6, 6.07) is 5.26. The minimum atomic E-state index is -0.773. The fourth-order valence-electron chi connectivity index (χ4n) is 3.38. The molecule has 4 atom stereocenters. The number of halogens is 3. The third kappa shape index (κ3) is 6.66. The van der Waals surface area contributed by atoms with Gasteiger partial charge in [0.1, 0.15) is 0 Å². The largest absolute Gasteiger partial charge is 0.481 e. The van der Waals surface area contributed by atoms with Gasteiger partial charge in [0.15, 0.2) is 0 Å². The summed E-state index contributed by atoms with van der Waals surface area (Å²) in [5.74, 6) is -0.589. The van der Waals surface area contributed by atoms with E-state index in [1.165, 1.54) is 0 Å². The first-order chi connectivity index (χ1) is 12.4. The summed E-state index contributed by atoms with van der Waals surface area (Å²) in [6.07, 6.45) is 6.47. The van der Waals surface area contributed by atoms with Gasteiger partial charge in [0, 0.05) is 40.0 Å². The van der Waals surface area contributed by atoms with Gasteiger partial charge in [-0.05, 0) is 49.8 Å². The second-order valence-electron chi connectivity index (χ2n) is 6.68. The number of hydrogen-bond acceptors (Lipinski definition) is 3. The Balaban J connectivity index is 1.88. The first kappa shape index (κ1) is 21.4. The first-order valence-electron chi connectivity index (χ1n) is 8.75. The highest BCUT2D eigenvalue weighted by molar-refractivity contribution is 6.35. The molecule has 0 aliphatic heterocycles. The number of carbonyl (C=O) groups is 1. The number of anilines is 1. The second-order valence-corrected chi connectivity index (χ2v) is 8.11. The number of carboxylic acid groups (broad SMARTS) is 1. The average Bonchev–Trinajstić information content (AvgIpc) is 2.81. The van der Waals surface area contributed by atoms with Crippen LogP contribution in [-0.2, 0) is 4.79 Å². The van der Waals surface area contributed by atoms with E-state index in [4.69, 9.17) is 39.9 Å². The number of unbranched alkanes of at least 4 members (excludes halogenated alkanes) is 1. The summed E-state index contributed by atoms with van der Waals surface area (Å²) < 4.78 is 0. The summed E-state index contributed by atoms with van der Waals surface area (Å²) in [5, 5.41) is 23.3. The predicted molar refractivity (Wildman–Crippen MR) is 107 cm³/mol. The van der Waals surface area contributed by atoms with E-state index in [2.05, 4.69) is 5.32 Å². The Morgan fingerprint density at radius 3 is 2.54 bits per heavy atom. The number of aliphatic hydroxyl groups excluding tert-OH is 1. The van der Waals surface area contributed by atoms with Gasteiger partial charge in [-0.2, -0.15) is 0 Å². The Morgan fingerprint density at radius 2 is 1.88 bits per heavy atom. The van der Waals surface area contributed by atoms with Gasteiger partial charge in [-0.25, -0.2) is 0 Å². The fourth-order valence-corrected chi connectivity index (χ4v) is 4.38. The normalized spacial score (nSPS) is 25.7. The van der Waals surface area contributed by atoms with Crippen LogP contribution in [0, 0.1) is 11.8 Å². The number of aliphatic carboxylic acids is 1. The molecule has 1 fully saturated rings. The third-order valence-corrected chi connectivity index (χ3v) is 5.65. The van der Waals surface area contributed by atoms with Crippen molar-refractivity contribution in [2.45, 2.75) is 43.6 Å². The second kappa shape index (κ2) is 10.4. The average molecular weight is 421 g/mol. The molecule has 1 saturated carbocycles. The van der Waals surface area contributed by atoms with Crippen LogP contribution in [0.25, 0.3) is 0 Å². The van der Waals surface area contributed by atoms with Gasteiger partial charge >= 0.3 is 5.97 Å². The molecule has 1 aromatic carbocycles. The van der Waals surface area contributed by atoms with Crippen LogP contribution >= 0.6 is 34.8 Å². The molecule has 0 saturated heterocycles. The minimum Gasteiger partial charge on any atom is -0.481 e. The number of hydrogen-bond donors (Lipinski definition) is 3. The van der Waals surface area contributed by atoms with Gasteiger partial charge < -0.3 is 15.5 Å². The molecule has 4 nitrogen and oxygen atoms in total. The highest BCUT2D eigenvalue weighted by atomic mass is 35.5. The number of aliphatic hydroxyl groups is 1. The van der Waals surface area contributed by atoms with E-state index >= 15 is 0 Å². The van der Waals surface area contributed by atoms with Crippen molar-refractivity contribution >= 4 is 46.5 Å². The summed E-state index contributed by atoms with van der Waals surface area (Å²) in [7, 11) is 0. The summed E-state index contributed by atoms with van der Waals surface area (Å²) in [4.78, 5) is 10.5. The van der Waals surface area contributed by atoms with E-state index < -0.39 is 12.1 Å². The quantitative estimate of drug-likeness (QED) is 0.291. The molecule has 1 aliphatic carbocycles. The lowest BCUT2D eigenvalue weighted by Crippen LogP contribution is -2.28. The summed E-state index contributed by atoms with van der Waals surface area (Å²) in [6.45, 7) is 0.582. The maximum Gasteiger partial charge on any atom is 0.303 e. The predicted octanol–water partition coefficient (Wildman–Crippen LogP) is 5.21. The maximum atomic E-state index is 10.5. The molecule has 0 spiro atoms. The molecule has 0 aromatic heterocycles. The van der Waals surface area contributed by atoms with Gasteiger partial charge in [0.05, 0.1) is 6.10 Å². The lowest BCUT2D eigenvalue weighted by atomic mass is 9.91. The van der Waals surface area contributed by atoms with Gasteiger partial charge in [-0.3, -0.25) is 4.79 Å². The number of benzene rings is 1. The lowest BCUT2D eigenvalue weighted by Gasteiger charge is -2.23. The van der Waals surface area contributed by atoms with Gasteiger partial charge in [0.2, 0.25) is 0 Å². The topological polar surface area (TPSA) is 69.6 Å². The molecule has 0 radical (unpaired) electrons. The van der Waals surface area contributed by atoms with Crippen LogP contribution in [-0.4, -0.2) is 34.2 Å². The smallest absolute Gasteiger partial charge is 0.303 e. The number of nitrogens with one attached hydrogen (secondary N) is 1. The van der Waals surface area contributed by atoms with Crippen molar-refractivity contribution in [3.8, 4) is 0 Å². The van der Waals surface area contributed by atoms with E-state index in [9.17, 15) is 9.90 Å². The molecule has 1 aliphatic rings. The van der Waals surface area contributed by atoms with E-state index in [0.29, 0.717) is 29.4 Å². The van der Waals surface area contributed by atoms with Crippen molar-refractivity contribution in [1.82, 2.24) is 0 Å². The van der Waals surface area contributed by atoms with Crippen molar-refractivity contribution in [2.24, 2.45) is 11.8 Å². The fraction of sp³-hybridized carbons (Fsp3) is 0.526. The first-order valence-corrected chi connectivity index (χ1v) is 9.95. The molecule has 3 N–H and O–H groups in total. The molecule has 0 bridgehead atoms. The highest BCUT2D eigenvalue weighted by Crippen LogP contribution is 2.39. The highest BCUT2D eigenvalue weighted by Gasteiger charge is 2.40.